The van der Waals surface area contributed by atoms with Crippen molar-refractivity contribution in [3.05, 3.63) is 30.5 Å². The Morgan fingerprint density at radius 3 is 3.14 bits per heavy atom. The number of fused-ring (bicyclic) bond motifs is 1. The predicted octanol–water partition coefficient (Wildman–Crippen LogP) is 1.63. The van der Waals surface area contributed by atoms with E-state index in [-0.39, 0.29) is 11.4 Å². The quantitative estimate of drug-likeness (QED) is 0.914. The van der Waals surface area contributed by atoms with Crippen molar-refractivity contribution < 1.29 is 9.21 Å². The van der Waals surface area contributed by atoms with Crippen LogP contribution < -0.4 is 5.73 Å². The number of hydrogen-bond donors (Lipinski definition) is 1. The van der Waals surface area contributed by atoms with Crippen LogP contribution in [0.2, 0.25) is 0 Å². The molecule has 0 spiro atoms. The van der Waals surface area contributed by atoms with Gasteiger partial charge in [0.25, 0.3) is 5.91 Å². The zero-order valence-corrected chi connectivity index (χ0v) is 12.7. The molecule has 4 rings (SSSR count). The SMILES string of the molecule is Cn1cc(-c2ccoc2C(=O)N2CC3CCCC3(N)C2)cn1. The average molecular weight is 300 g/mol. The molecule has 2 aromatic rings. The summed E-state index contributed by atoms with van der Waals surface area (Å²) < 4.78 is 7.20. The number of rotatable bonds is 2. The fourth-order valence-corrected chi connectivity index (χ4v) is 3.90. The van der Waals surface area contributed by atoms with Gasteiger partial charge in [-0.25, -0.2) is 0 Å². The largest absolute Gasteiger partial charge is 0.459 e. The van der Waals surface area contributed by atoms with Gasteiger partial charge in [-0.2, -0.15) is 5.10 Å². The van der Waals surface area contributed by atoms with Crippen molar-refractivity contribution in [3.63, 3.8) is 0 Å². The molecule has 1 aliphatic heterocycles. The third-order valence-corrected chi connectivity index (χ3v) is 5.10. The first-order valence-electron chi connectivity index (χ1n) is 7.71. The Labute approximate surface area is 128 Å². The second-order valence-electron chi connectivity index (χ2n) is 6.57. The van der Waals surface area contributed by atoms with Crippen molar-refractivity contribution >= 4 is 5.91 Å². The van der Waals surface area contributed by atoms with Gasteiger partial charge in [-0.15, -0.1) is 0 Å². The minimum absolute atomic E-state index is 0.0666. The van der Waals surface area contributed by atoms with E-state index in [0.717, 1.165) is 30.5 Å². The second-order valence-corrected chi connectivity index (χ2v) is 6.57. The Bertz CT molecular complexity index is 719. The van der Waals surface area contributed by atoms with Crippen molar-refractivity contribution in [1.29, 1.82) is 0 Å². The van der Waals surface area contributed by atoms with Crippen molar-refractivity contribution in [2.24, 2.45) is 18.7 Å². The Hall–Kier alpha value is -2.08. The number of furan rings is 1. The maximum atomic E-state index is 12.8. The molecule has 1 saturated heterocycles. The van der Waals surface area contributed by atoms with Crippen LogP contribution in [0, 0.1) is 5.92 Å². The van der Waals surface area contributed by atoms with Gasteiger partial charge in [0.15, 0.2) is 5.76 Å². The number of carbonyl (C=O) groups excluding carboxylic acids is 1. The van der Waals surface area contributed by atoms with Crippen LogP contribution in [0.4, 0.5) is 0 Å². The molecule has 0 radical (unpaired) electrons. The number of likely N-dealkylation sites (tertiary alicyclic amines) is 1. The van der Waals surface area contributed by atoms with Crippen molar-refractivity contribution in [2.75, 3.05) is 13.1 Å². The van der Waals surface area contributed by atoms with Crippen molar-refractivity contribution in [1.82, 2.24) is 14.7 Å². The van der Waals surface area contributed by atoms with Gasteiger partial charge in [-0.3, -0.25) is 9.48 Å². The summed E-state index contributed by atoms with van der Waals surface area (Å²) in [4.78, 5) is 14.7. The lowest BCUT2D eigenvalue weighted by Crippen LogP contribution is -2.44. The number of hydrogen-bond acceptors (Lipinski definition) is 4. The molecule has 1 amide bonds. The standard InChI is InChI=1S/C16H20N4O2/c1-19-8-11(7-18-19)13-4-6-22-14(13)15(21)20-9-12-3-2-5-16(12,17)10-20/h4,6-8,12H,2-3,5,9-10,17H2,1H3. The summed E-state index contributed by atoms with van der Waals surface area (Å²) in [6.45, 7) is 1.37. The van der Waals surface area contributed by atoms with Crippen LogP contribution in [-0.4, -0.2) is 39.2 Å². The number of nitrogens with zero attached hydrogens (tertiary/aromatic N) is 3. The lowest BCUT2D eigenvalue weighted by Gasteiger charge is -2.22. The molecule has 1 aliphatic carbocycles. The number of nitrogens with two attached hydrogens (primary N) is 1. The molecule has 0 bridgehead atoms. The summed E-state index contributed by atoms with van der Waals surface area (Å²) in [6, 6.07) is 1.82. The smallest absolute Gasteiger partial charge is 0.290 e. The van der Waals surface area contributed by atoms with Crippen LogP contribution in [0.25, 0.3) is 11.1 Å². The molecule has 6 nitrogen and oxygen atoms in total. The molecule has 0 aromatic carbocycles. The van der Waals surface area contributed by atoms with Gasteiger partial charge in [0.1, 0.15) is 0 Å². The summed E-state index contributed by atoms with van der Waals surface area (Å²) in [6.07, 6.45) is 8.48. The molecule has 2 fully saturated rings. The van der Waals surface area contributed by atoms with Gasteiger partial charge < -0.3 is 15.1 Å². The van der Waals surface area contributed by atoms with Gasteiger partial charge in [-0.1, -0.05) is 6.42 Å². The lowest BCUT2D eigenvalue weighted by molar-refractivity contribution is 0.0747. The van der Waals surface area contributed by atoms with E-state index in [9.17, 15) is 4.79 Å². The van der Waals surface area contributed by atoms with Gasteiger partial charge in [0.2, 0.25) is 0 Å². The number of amides is 1. The topological polar surface area (TPSA) is 77.3 Å². The molecule has 116 valence electrons. The van der Waals surface area contributed by atoms with E-state index in [1.807, 2.05) is 24.2 Å². The highest BCUT2D eigenvalue weighted by molar-refractivity contribution is 5.98. The minimum Gasteiger partial charge on any atom is -0.459 e. The molecule has 1 saturated carbocycles. The highest BCUT2D eigenvalue weighted by Crippen LogP contribution is 2.40. The fraction of sp³-hybridized carbons (Fsp3) is 0.500. The Balaban J connectivity index is 1.61. The third kappa shape index (κ3) is 1.98. The third-order valence-electron chi connectivity index (χ3n) is 5.10. The highest BCUT2D eigenvalue weighted by Gasteiger charge is 2.48. The van der Waals surface area contributed by atoms with E-state index < -0.39 is 0 Å². The summed E-state index contributed by atoms with van der Waals surface area (Å²) in [5.74, 6) is 0.743. The predicted molar refractivity (Wildman–Crippen MR) is 81.1 cm³/mol. The van der Waals surface area contributed by atoms with E-state index in [4.69, 9.17) is 10.2 Å². The van der Waals surface area contributed by atoms with E-state index in [1.165, 1.54) is 6.42 Å². The van der Waals surface area contributed by atoms with Gasteiger partial charge in [-0.05, 0) is 24.8 Å². The van der Waals surface area contributed by atoms with Crippen LogP contribution >= 0.6 is 0 Å². The first kappa shape index (κ1) is 13.6. The van der Waals surface area contributed by atoms with Crippen LogP contribution in [0.3, 0.4) is 0 Å². The van der Waals surface area contributed by atoms with E-state index >= 15 is 0 Å². The molecule has 22 heavy (non-hydrogen) atoms. The van der Waals surface area contributed by atoms with Gasteiger partial charge in [0, 0.05) is 43.0 Å². The molecule has 2 unspecified atom stereocenters. The molecular formula is C16H20N4O2. The van der Waals surface area contributed by atoms with Crippen LogP contribution in [0.1, 0.15) is 29.8 Å². The van der Waals surface area contributed by atoms with Gasteiger partial charge >= 0.3 is 0 Å². The van der Waals surface area contributed by atoms with E-state index in [1.54, 1.807) is 17.1 Å². The summed E-state index contributed by atoms with van der Waals surface area (Å²) >= 11 is 0. The van der Waals surface area contributed by atoms with Crippen LogP contribution in [0.15, 0.2) is 29.1 Å². The maximum Gasteiger partial charge on any atom is 0.290 e. The first-order chi connectivity index (χ1) is 10.6. The lowest BCUT2D eigenvalue weighted by atomic mass is 9.92. The maximum absolute atomic E-state index is 12.8. The van der Waals surface area contributed by atoms with Crippen molar-refractivity contribution in [3.8, 4) is 11.1 Å². The minimum atomic E-state index is -0.198. The average Bonchev–Trinajstić information content (AvgIpc) is 3.19. The molecule has 6 heteroatoms. The monoisotopic (exact) mass is 300 g/mol. The number of aryl methyl sites for hydroxylation is 1. The zero-order valence-electron chi connectivity index (χ0n) is 12.7. The molecule has 2 aliphatic rings. The van der Waals surface area contributed by atoms with Crippen LogP contribution in [-0.2, 0) is 7.05 Å². The Morgan fingerprint density at radius 1 is 1.55 bits per heavy atom. The zero-order chi connectivity index (χ0) is 15.3. The number of aromatic nitrogens is 2. The molecule has 3 heterocycles. The Morgan fingerprint density at radius 2 is 2.41 bits per heavy atom. The Kier molecular flexibility index (Phi) is 2.91. The summed E-state index contributed by atoms with van der Waals surface area (Å²) in [5, 5.41) is 4.16. The van der Waals surface area contributed by atoms with E-state index in [2.05, 4.69) is 5.10 Å². The summed E-state index contributed by atoms with van der Waals surface area (Å²) in [7, 11) is 1.85. The van der Waals surface area contributed by atoms with Gasteiger partial charge in [0.05, 0.1) is 12.5 Å². The summed E-state index contributed by atoms with van der Waals surface area (Å²) in [5.41, 5.74) is 7.95. The molecule has 2 aromatic heterocycles. The molecular weight excluding hydrogens is 280 g/mol. The molecule has 2 N–H and O–H groups in total. The molecule has 2 atom stereocenters. The van der Waals surface area contributed by atoms with E-state index in [0.29, 0.717) is 18.2 Å². The normalized spacial score (nSPS) is 27.4. The number of carbonyl (C=O) groups is 1. The first-order valence-corrected chi connectivity index (χ1v) is 7.71. The van der Waals surface area contributed by atoms with Crippen molar-refractivity contribution in [2.45, 2.75) is 24.8 Å². The second kappa shape index (κ2) is 4.71. The van der Waals surface area contributed by atoms with Crippen LogP contribution in [0.5, 0.6) is 0 Å². The highest BCUT2D eigenvalue weighted by atomic mass is 16.3. The fourth-order valence-electron chi connectivity index (χ4n) is 3.90.